The van der Waals surface area contributed by atoms with Crippen molar-refractivity contribution in [3.63, 3.8) is 0 Å². The SMILES string of the molecule is C[C@@H](OCc1ccc2c(Br)cccc2c1)[C@H](CCC(N)=O)NC(=O)OC(C)(C)C. The fraction of sp³-hybridized carbons (Fsp3) is 0.455. The lowest BCUT2D eigenvalue weighted by atomic mass is 10.1. The Morgan fingerprint density at radius 1 is 1.21 bits per heavy atom. The summed E-state index contributed by atoms with van der Waals surface area (Å²) in [6, 6.07) is 11.8. The number of hydrogen-bond acceptors (Lipinski definition) is 4. The maximum atomic E-state index is 12.2. The molecule has 3 N–H and O–H groups in total. The molecule has 2 aromatic carbocycles. The van der Waals surface area contributed by atoms with Gasteiger partial charge in [0.05, 0.1) is 18.8 Å². The van der Waals surface area contributed by atoms with Crippen LogP contribution in [0.15, 0.2) is 40.9 Å². The average Bonchev–Trinajstić information content (AvgIpc) is 2.61. The number of ether oxygens (including phenoxy) is 2. The summed E-state index contributed by atoms with van der Waals surface area (Å²) in [4.78, 5) is 23.4. The van der Waals surface area contributed by atoms with E-state index >= 15 is 0 Å². The molecule has 0 fully saturated rings. The second-order valence-corrected chi connectivity index (χ2v) is 8.92. The Balaban J connectivity index is 2.03. The fourth-order valence-electron chi connectivity index (χ4n) is 2.91. The average molecular weight is 465 g/mol. The zero-order valence-electron chi connectivity index (χ0n) is 17.3. The van der Waals surface area contributed by atoms with Crippen LogP contribution in [0.25, 0.3) is 10.8 Å². The van der Waals surface area contributed by atoms with Gasteiger partial charge in [0.15, 0.2) is 0 Å². The molecule has 7 heteroatoms. The predicted octanol–water partition coefficient (Wildman–Crippen LogP) is 4.67. The number of hydrogen-bond donors (Lipinski definition) is 2. The summed E-state index contributed by atoms with van der Waals surface area (Å²) in [5.74, 6) is -0.423. The van der Waals surface area contributed by atoms with Gasteiger partial charge in [0.1, 0.15) is 5.60 Å². The number of halogens is 1. The van der Waals surface area contributed by atoms with E-state index in [1.165, 1.54) is 0 Å². The van der Waals surface area contributed by atoms with Gasteiger partial charge >= 0.3 is 6.09 Å². The summed E-state index contributed by atoms with van der Waals surface area (Å²) in [5.41, 5.74) is 5.69. The number of fused-ring (bicyclic) bond motifs is 1. The zero-order valence-corrected chi connectivity index (χ0v) is 18.9. The first kappa shape index (κ1) is 23.2. The van der Waals surface area contributed by atoms with Crippen LogP contribution >= 0.6 is 15.9 Å². The van der Waals surface area contributed by atoms with Crippen molar-refractivity contribution in [3.05, 3.63) is 46.4 Å². The summed E-state index contributed by atoms with van der Waals surface area (Å²) < 4.78 is 12.4. The third-order valence-electron chi connectivity index (χ3n) is 4.38. The fourth-order valence-corrected chi connectivity index (χ4v) is 3.42. The smallest absolute Gasteiger partial charge is 0.407 e. The first-order chi connectivity index (χ1) is 13.5. The van der Waals surface area contributed by atoms with E-state index in [0.717, 1.165) is 20.8 Å². The Bertz CT molecular complexity index is 864. The van der Waals surface area contributed by atoms with Crippen LogP contribution < -0.4 is 11.1 Å². The Morgan fingerprint density at radius 2 is 1.93 bits per heavy atom. The van der Waals surface area contributed by atoms with E-state index in [2.05, 4.69) is 27.3 Å². The standard InChI is InChI=1S/C22H29BrN2O4/c1-14(19(10-11-20(24)26)25-21(27)29-22(2,3)4)28-13-15-8-9-17-16(12-15)6-5-7-18(17)23/h5-9,12,14,19H,10-11,13H2,1-4H3,(H2,24,26)(H,25,27)/t14-,19+/m1/s1. The van der Waals surface area contributed by atoms with E-state index in [0.29, 0.717) is 13.0 Å². The predicted molar refractivity (Wildman–Crippen MR) is 117 cm³/mol. The normalized spacial score (nSPS) is 13.7. The van der Waals surface area contributed by atoms with Gasteiger partial charge in [0.25, 0.3) is 0 Å². The molecular weight excluding hydrogens is 436 g/mol. The number of benzene rings is 2. The van der Waals surface area contributed by atoms with Crippen molar-refractivity contribution in [2.45, 2.75) is 64.9 Å². The quantitative estimate of drug-likeness (QED) is 0.593. The van der Waals surface area contributed by atoms with Gasteiger partial charge in [-0.3, -0.25) is 4.79 Å². The Morgan fingerprint density at radius 3 is 2.59 bits per heavy atom. The topological polar surface area (TPSA) is 90.6 Å². The van der Waals surface area contributed by atoms with Gasteiger partial charge in [-0.25, -0.2) is 4.79 Å². The summed E-state index contributed by atoms with van der Waals surface area (Å²) in [5, 5.41) is 5.05. The van der Waals surface area contributed by atoms with Gasteiger partial charge in [-0.15, -0.1) is 0 Å². The number of primary amides is 1. The molecule has 0 aliphatic rings. The van der Waals surface area contributed by atoms with Crippen LogP contribution in [-0.2, 0) is 20.9 Å². The maximum absolute atomic E-state index is 12.2. The molecule has 0 unspecified atom stereocenters. The van der Waals surface area contributed by atoms with Crippen LogP contribution in [0.1, 0.15) is 46.1 Å². The number of rotatable bonds is 8. The molecule has 29 heavy (non-hydrogen) atoms. The van der Waals surface area contributed by atoms with Crippen molar-refractivity contribution in [3.8, 4) is 0 Å². The lowest BCUT2D eigenvalue weighted by molar-refractivity contribution is -0.118. The van der Waals surface area contributed by atoms with E-state index in [-0.39, 0.29) is 12.5 Å². The van der Waals surface area contributed by atoms with Crippen LogP contribution in [0.2, 0.25) is 0 Å². The van der Waals surface area contributed by atoms with Gasteiger partial charge < -0.3 is 20.5 Å². The van der Waals surface area contributed by atoms with Gasteiger partial charge in [0.2, 0.25) is 5.91 Å². The molecule has 158 valence electrons. The van der Waals surface area contributed by atoms with Crippen LogP contribution in [0, 0.1) is 0 Å². The minimum absolute atomic E-state index is 0.151. The van der Waals surface area contributed by atoms with Gasteiger partial charge in [-0.1, -0.05) is 40.2 Å². The van der Waals surface area contributed by atoms with Crippen LogP contribution in [0.5, 0.6) is 0 Å². The molecule has 0 saturated carbocycles. The first-order valence-corrected chi connectivity index (χ1v) is 10.4. The first-order valence-electron chi connectivity index (χ1n) is 9.62. The molecule has 0 heterocycles. The molecule has 0 aliphatic heterocycles. The molecular formula is C22H29BrN2O4. The highest BCUT2D eigenvalue weighted by Gasteiger charge is 2.24. The van der Waals surface area contributed by atoms with Crippen molar-refractivity contribution in [1.82, 2.24) is 5.32 Å². The molecule has 2 amide bonds. The second kappa shape index (κ2) is 10.1. The number of carbonyl (C=O) groups is 2. The van der Waals surface area contributed by atoms with E-state index in [1.54, 1.807) is 20.8 Å². The number of amides is 2. The second-order valence-electron chi connectivity index (χ2n) is 8.07. The van der Waals surface area contributed by atoms with Crippen LogP contribution in [-0.4, -0.2) is 29.7 Å². The maximum Gasteiger partial charge on any atom is 0.407 e. The van der Waals surface area contributed by atoms with E-state index < -0.39 is 23.6 Å². The molecule has 0 radical (unpaired) electrons. The molecule has 2 atom stereocenters. The van der Waals surface area contributed by atoms with Crippen molar-refractivity contribution < 1.29 is 19.1 Å². The lowest BCUT2D eigenvalue weighted by Gasteiger charge is -2.27. The highest BCUT2D eigenvalue weighted by atomic mass is 79.9. The van der Waals surface area contributed by atoms with Gasteiger partial charge in [0, 0.05) is 10.9 Å². The molecule has 0 aliphatic carbocycles. The monoisotopic (exact) mass is 464 g/mol. The van der Waals surface area contributed by atoms with Crippen LogP contribution in [0.4, 0.5) is 4.79 Å². The summed E-state index contributed by atoms with van der Waals surface area (Å²) >= 11 is 3.55. The van der Waals surface area contributed by atoms with Crippen molar-refractivity contribution in [1.29, 1.82) is 0 Å². The van der Waals surface area contributed by atoms with Crippen LogP contribution in [0.3, 0.4) is 0 Å². The largest absolute Gasteiger partial charge is 0.444 e. The van der Waals surface area contributed by atoms with Gasteiger partial charge in [-0.05, 0) is 62.6 Å². The Labute approximate surface area is 180 Å². The number of alkyl carbamates (subject to hydrolysis) is 1. The zero-order chi connectivity index (χ0) is 21.6. The third-order valence-corrected chi connectivity index (χ3v) is 5.07. The van der Waals surface area contributed by atoms with E-state index in [1.807, 2.05) is 37.3 Å². The molecule has 0 bridgehead atoms. The Hall–Kier alpha value is -2.12. The molecule has 6 nitrogen and oxygen atoms in total. The third kappa shape index (κ3) is 7.66. The number of nitrogens with two attached hydrogens (primary N) is 1. The number of carbonyl (C=O) groups excluding carboxylic acids is 2. The molecule has 0 spiro atoms. The van der Waals surface area contributed by atoms with Crippen molar-refractivity contribution in [2.75, 3.05) is 0 Å². The Kier molecular flexibility index (Phi) is 8.05. The summed E-state index contributed by atoms with van der Waals surface area (Å²) in [6.45, 7) is 7.63. The number of nitrogens with one attached hydrogen (secondary N) is 1. The van der Waals surface area contributed by atoms with Crippen molar-refractivity contribution in [2.24, 2.45) is 5.73 Å². The molecule has 0 saturated heterocycles. The summed E-state index contributed by atoms with van der Waals surface area (Å²) in [6.07, 6.45) is -0.350. The minimum Gasteiger partial charge on any atom is -0.444 e. The molecule has 0 aromatic heterocycles. The highest BCUT2D eigenvalue weighted by molar-refractivity contribution is 9.10. The summed E-state index contributed by atoms with van der Waals surface area (Å²) in [7, 11) is 0. The lowest BCUT2D eigenvalue weighted by Crippen LogP contribution is -2.45. The highest BCUT2D eigenvalue weighted by Crippen LogP contribution is 2.25. The molecule has 2 aromatic rings. The molecule has 2 rings (SSSR count). The minimum atomic E-state index is -0.609. The van der Waals surface area contributed by atoms with E-state index in [4.69, 9.17) is 15.2 Å². The van der Waals surface area contributed by atoms with E-state index in [9.17, 15) is 9.59 Å². The van der Waals surface area contributed by atoms with Gasteiger partial charge in [-0.2, -0.15) is 0 Å². The van der Waals surface area contributed by atoms with Crippen molar-refractivity contribution >= 4 is 38.7 Å².